The average molecular weight is 570 g/mol. The minimum Gasteiger partial charge on any atom is -0.496 e. The van der Waals surface area contributed by atoms with Crippen LogP contribution >= 0.6 is 0 Å². The molecule has 0 N–H and O–H groups in total. The van der Waals surface area contributed by atoms with Crippen LogP contribution in [0.2, 0.25) is 0 Å². The molecule has 0 unspecified atom stereocenters. The van der Waals surface area contributed by atoms with Crippen molar-refractivity contribution in [3.05, 3.63) is 66.0 Å². The van der Waals surface area contributed by atoms with Crippen molar-refractivity contribution >= 4 is 11.6 Å². The predicted octanol–water partition coefficient (Wildman–Crippen LogP) is 9.36. The zero-order chi connectivity index (χ0) is 29.6. The molecule has 5 nitrogen and oxygen atoms in total. The van der Waals surface area contributed by atoms with E-state index in [4.69, 9.17) is 4.74 Å². The summed E-state index contributed by atoms with van der Waals surface area (Å²) in [6.07, 6.45) is 15.7. The Morgan fingerprint density at radius 2 is 1.71 bits per heavy atom. The topological polar surface area (TPSA) is 47.4 Å². The summed E-state index contributed by atoms with van der Waals surface area (Å²) in [4.78, 5) is 16.4. The molecular formula is C37H51N3O2. The molecule has 5 rings (SSSR count). The lowest BCUT2D eigenvalue weighted by Gasteiger charge is -2.36. The molecule has 2 aliphatic carbocycles. The van der Waals surface area contributed by atoms with Gasteiger partial charge < -0.3 is 9.64 Å². The SMILES string of the molecule is CCCC1CCC(C(=O)N(CC2CCC(c3ccc(OC)c(C)c3)CC2)c2cccc(-c3cnn(C(C)C)c3)c2)CC1. The van der Waals surface area contributed by atoms with Crippen molar-refractivity contribution in [3.63, 3.8) is 0 Å². The second kappa shape index (κ2) is 13.9. The molecule has 2 saturated carbocycles. The Balaban J connectivity index is 1.33. The number of nitrogens with zero attached hydrogens (tertiary/aromatic N) is 3. The monoisotopic (exact) mass is 569 g/mol. The van der Waals surface area contributed by atoms with Gasteiger partial charge in [-0.05, 0) is 125 Å². The highest BCUT2D eigenvalue weighted by Gasteiger charge is 2.32. The molecule has 226 valence electrons. The van der Waals surface area contributed by atoms with Gasteiger partial charge in [0.2, 0.25) is 5.91 Å². The molecule has 2 fully saturated rings. The number of carbonyl (C=O) groups is 1. The van der Waals surface area contributed by atoms with Gasteiger partial charge in [0, 0.05) is 36.0 Å². The van der Waals surface area contributed by atoms with Crippen LogP contribution in [0, 0.1) is 24.7 Å². The maximum Gasteiger partial charge on any atom is 0.230 e. The van der Waals surface area contributed by atoms with Gasteiger partial charge in [-0.25, -0.2) is 0 Å². The standard InChI is InChI=1S/C37H51N3O2/c1-6-8-28-11-17-31(18-12-28)37(41)39(35-10-7-9-32(22-35)34-23-38-40(25-34)26(2)3)24-29-13-15-30(16-14-29)33-19-20-36(42-5)27(4)21-33/h7,9-10,19-23,25-26,28-31H,6,8,11-18,24H2,1-5H3. The number of anilines is 1. The molecule has 1 amide bonds. The third-order valence-electron chi connectivity index (χ3n) is 9.96. The van der Waals surface area contributed by atoms with E-state index in [0.717, 1.165) is 60.7 Å². The smallest absolute Gasteiger partial charge is 0.230 e. The van der Waals surface area contributed by atoms with Crippen LogP contribution in [-0.4, -0.2) is 29.3 Å². The highest BCUT2D eigenvalue weighted by atomic mass is 16.5. The first kappa shape index (κ1) is 30.4. The summed E-state index contributed by atoms with van der Waals surface area (Å²) in [6.45, 7) is 9.52. The van der Waals surface area contributed by atoms with Crippen molar-refractivity contribution in [2.45, 2.75) is 104 Å². The third-order valence-corrected chi connectivity index (χ3v) is 9.96. The second-order valence-corrected chi connectivity index (χ2v) is 13.3. The molecule has 0 atom stereocenters. The molecule has 42 heavy (non-hydrogen) atoms. The van der Waals surface area contributed by atoms with E-state index in [9.17, 15) is 4.79 Å². The highest BCUT2D eigenvalue weighted by molar-refractivity contribution is 5.95. The average Bonchev–Trinajstić information content (AvgIpc) is 3.52. The van der Waals surface area contributed by atoms with E-state index < -0.39 is 0 Å². The van der Waals surface area contributed by atoms with Crippen molar-refractivity contribution < 1.29 is 9.53 Å². The number of amides is 1. The van der Waals surface area contributed by atoms with Gasteiger partial charge in [-0.15, -0.1) is 0 Å². The first-order valence-electron chi connectivity index (χ1n) is 16.5. The molecule has 0 radical (unpaired) electrons. The molecule has 0 saturated heterocycles. The van der Waals surface area contributed by atoms with Crippen molar-refractivity contribution in [2.75, 3.05) is 18.6 Å². The highest BCUT2D eigenvalue weighted by Crippen LogP contribution is 2.39. The molecular weight excluding hydrogens is 518 g/mol. The summed E-state index contributed by atoms with van der Waals surface area (Å²) in [5, 5.41) is 4.57. The van der Waals surface area contributed by atoms with E-state index >= 15 is 0 Å². The van der Waals surface area contributed by atoms with Crippen LogP contribution in [0.1, 0.15) is 108 Å². The van der Waals surface area contributed by atoms with Gasteiger partial charge in [0.25, 0.3) is 0 Å². The van der Waals surface area contributed by atoms with E-state index in [-0.39, 0.29) is 5.92 Å². The third kappa shape index (κ3) is 7.10. The van der Waals surface area contributed by atoms with Crippen LogP contribution < -0.4 is 9.64 Å². The lowest BCUT2D eigenvalue weighted by Crippen LogP contribution is -2.41. The van der Waals surface area contributed by atoms with Gasteiger partial charge in [-0.3, -0.25) is 9.48 Å². The Kier molecular flexibility index (Phi) is 10.1. The quantitative estimate of drug-likeness (QED) is 0.244. The fourth-order valence-electron chi connectivity index (χ4n) is 7.36. The van der Waals surface area contributed by atoms with Crippen LogP contribution in [0.5, 0.6) is 5.75 Å². The first-order chi connectivity index (χ1) is 20.4. The number of hydrogen-bond donors (Lipinski definition) is 0. The molecule has 5 heteroatoms. The zero-order valence-corrected chi connectivity index (χ0v) is 26.5. The number of hydrogen-bond acceptors (Lipinski definition) is 3. The number of rotatable bonds is 10. The summed E-state index contributed by atoms with van der Waals surface area (Å²) < 4.78 is 7.49. The van der Waals surface area contributed by atoms with Gasteiger partial charge in [0.05, 0.1) is 13.3 Å². The Morgan fingerprint density at radius 1 is 0.976 bits per heavy atom. The molecule has 2 aromatic carbocycles. The largest absolute Gasteiger partial charge is 0.496 e. The summed E-state index contributed by atoms with van der Waals surface area (Å²) in [6, 6.07) is 15.6. The summed E-state index contributed by atoms with van der Waals surface area (Å²) in [7, 11) is 1.74. The van der Waals surface area contributed by atoms with Gasteiger partial charge in [0.1, 0.15) is 5.75 Å². The van der Waals surface area contributed by atoms with Gasteiger partial charge in [-0.2, -0.15) is 5.10 Å². The van der Waals surface area contributed by atoms with E-state index in [2.05, 4.69) is 86.4 Å². The van der Waals surface area contributed by atoms with Crippen LogP contribution in [0.15, 0.2) is 54.9 Å². The van der Waals surface area contributed by atoms with Crippen LogP contribution in [0.3, 0.4) is 0 Å². The van der Waals surface area contributed by atoms with Crippen molar-refractivity contribution in [1.82, 2.24) is 9.78 Å². The van der Waals surface area contributed by atoms with Crippen molar-refractivity contribution in [1.29, 1.82) is 0 Å². The van der Waals surface area contributed by atoms with Gasteiger partial charge in [0.15, 0.2) is 0 Å². The number of aromatic nitrogens is 2. The lowest BCUT2D eigenvalue weighted by molar-refractivity contribution is -0.123. The molecule has 0 spiro atoms. The van der Waals surface area contributed by atoms with Gasteiger partial charge in [-0.1, -0.05) is 44.0 Å². The van der Waals surface area contributed by atoms with Crippen molar-refractivity contribution in [3.8, 4) is 16.9 Å². The second-order valence-electron chi connectivity index (χ2n) is 13.3. The van der Waals surface area contributed by atoms with E-state index in [1.807, 2.05) is 10.9 Å². The maximum absolute atomic E-state index is 14.3. The van der Waals surface area contributed by atoms with E-state index in [0.29, 0.717) is 23.8 Å². The Bertz CT molecular complexity index is 1310. The predicted molar refractivity (Wildman–Crippen MR) is 173 cm³/mol. The van der Waals surface area contributed by atoms with E-state index in [1.165, 1.54) is 49.7 Å². The molecule has 2 aliphatic rings. The van der Waals surface area contributed by atoms with Crippen LogP contribution in [-0.2, 0) is 4.79 Å². The van der Waals surface area contributed by atoms with E-state index in [1.54, 1.807) is 7.11 Å². The minimum atomic E-state index is 0.143. The summed E-state index contributed by atoms with van der Waals surface area (Å²) in [5.74, 6) is 3.35. The molecule has 0 aliphatic heterocycles. The first-order valence-corrected chi connectivity index (χ1v) is 16.5. The zero-order valence-electron chi connectivity index (χ0n) is 26.5. The number of ether oxygens (including phenoxy) is 1. The summed E-state index contributed by atoms with van der Waals surface area (Å²) >= 11 is 0. The van der Waals surface area contributed by atoms with Crippen LogP contribution in [0.4, 0.5) is 5.69 Å². The Morgan fingerprint density at radius 3 is 2.36 bits per heavy atom. The minimum absolute atomic E-state index is 0.143. The van der Waals surface area contributed by atoms with Crippen molar-refractivity contribution in [2.24, 2.45) is 17.8 Å². The lowest BCUT2D eigenvalue weighted by atomic mass is 9.77. The number of methoxy groups -OCH3 is 1. The normalized spacial score (nSPS) is 22.7. The number of carbonyl (C=O) groups excluding carboxylic acids is 1. The Labute approximate surface area is 253 Å². The fraction of sp³-hybridized carbons (Fsp3) is 0.568. The number of benzene rings is 2. The number of aryl methyl sites for hydroxylation is 1. The molecule has 3 aromatic rings. The molecule has 1 heterocycles. The maximum atomic E-state index is 14.3. The summed E-state index contributed by atoms with van der Waals surface area (Å²) in [5.41, 5.74) is 5.91. The fourth-order valence-corrected chi connectivity index (χ4v) is 7.36. The molecule has 1 aromatic heterocycles. The van der Waals surface area contributed by atoms with Crippen LogP contribution in [0.25, 0.3) is 11.1 Å². The Hall–Kier alpha value is -3.08. The van der Waals surface area contributed by atoms with Gasteiger partial charge >= 0.3 is 0 Å². The molecule has 0 bridgehead atoms.